The maximum absolute atomic E-state index is 2.44. The first-order valence-electron chi connectivity index (χ1n) is 13.9. The summed E-state index contributed by atoms with van der Waals surface area (Å²) in [5.74, 6) is 0. The third kappa shape index (κ3) is 4.72. The molecule has 0 heterocycles. The van der Waals surface area contributed by atoms with Gasteiger partial charge in [-0.2, -0.15) is 0 Å². The number of hydrogen-bond donors (Lipinski definition) is 0. The van der Waals surface area contributed by atoms with Crippen LogP contribution < -0.4 is 0 Å². The zero-order valence-corrected chi connectivity index (χ0v) is 25.2. The summed E-state index contributed by atoms with van der Waals surface area (Å²) in [4.78, 5) is 0. The Morgan fingerprint density at radius 1 is 0.436 bits per heavy atom. The van der Waals surface area contributed by atoms with Gasteiger partial charge in [-0.25, -0.2) is 0 Å². The molecule has 4 aromatic carbocycles. The number of rotatable bonds is 8. The molecule has 0 radical (unpaired) electrons. The van der Waals surface area contributed by atoms with E-state index in [-0.39, 0.29) is 10.8 Å². The average Bonchev–Trinajstić information content (AvgIpc) is 3.69. The number of allylic oxidation sites excluding steroid dienone is 8. The molecule has 2 aliphatic carbocycles. The van der Waals surface area contributed by atoms with Crippen molar-refractivity contribution in [3.05, 3.63) is 186 Å². The molecule has 0 unspecified atom stereocenters. The van der Waals surface area contributed by atoms with E-state index in [9.17, 15) is 0 Å². The summed E-state index contributed by atoms with van der Waals surface area (Å²) < 4.78 is 3.40. The van der Waals surface area contributed by atoms with E-state index in [1.54, 1.807) is 6.56 Å². The Bertz CT molecular complexity index is 1360. The van der Waals surface area contributed by atoms with E-state index in [1.807, 2.05) is 0 Å². The molecule has 6 rings (SSSR count). The van der Waals surface area contributed by atoms with Gasteiger partial charge in [-0.15, -0.1) is 0 Å². The fourth-order valence-electron chi connectivity index (χ4n) is 6.41. The van der Waals surface area contributed by atoms with Crippen molar-refractivity contribution in [2.24, 2.45) is 0 Å². The second-order valence-corrected chi connectivity index (χ2v) is 14.4. The molecule has 0 aliphatic heterocycles. The molecule has 0 aromatic heterocycles. The summed E-state index contributed by atoms with van der Waals surface area (Å²) in [6, 6.07) is 44.4. The fourth-order valence-corrected chi connectivity index (χ4v) is 10.7. The Labute approximate surface area is 245 Å². The van der Waals surface area contributed by atoms with Crippen LogP contribution in [0.2, 0.25) is 0 Å². The van der Waals surface area contributed by atoms with Crippen LogP contribution in [-0.4, -0.2) is 0 Å². The van der Waals surface area contributed by atoms with Gasteiger partial charge in [0.15, 0.2) is 0 Å². The first kappa shape index (κ1) is 26.0. The van der Waals surface area contributed by atoms with Gasteiger partial charge in [0.05, 0.1) is 0 Å². The van der Waals surface area contributed by atoms with Crippen LogP contribution in [0.25, 0.3) is 0 Å². The standard InChI is InChI=1S/2C19H17.Zr/c2*1-19(18-14-8-9-15-18,16-10-4-2-5-11-16)17-12-6-3-7-13-17;/h2*2-8,10-14H,9H2,1H3;. The van der Waals surface area contributed by atoms with E-state index in [4.69, 9.17) is 0 Å². The summed E-state index contributed by atoms with van der Waals surface area (Å²) in [5.41, 5.74) is 8.18. The molecule has 190 valence electrons. The normalized spacial score (nSPS) is 15.3. The minimum atomic E-state index is -1.05. The topological polar surface area (TPSA) is 0 Å². The monoisotopic (exact) mass is 580 g/mol. The number of hydrogen-bond acceptors (Lipinski definition) is 0. The van der Waals surface area contributed by atoms with E-state index in [0.29, 0.717) is 0 Å². The van der Waals surface area contributed by atoms with Gasteiger partial charge < -0.3 is 0 Å². The third-order valence-electron chi connectivity index (χ3n) is 8.65. The van der Waals surface area contributed by atoms with Crippen LogP contribution >= 0.6 is 0 Å². The SMILES string of the molecule is CC(C1=[C]([Zr][C]2=C(C(C)(c3ccccc3)c3ccccc3)C=CC2)CC=C1)(c1ccccc1)c1ccccc1. The van der Waals surface area contributed by atoms with Crippen molar-refractivity contribution >= 4 is 0 Å². The Morgan fingerprint density at radius 3 is 1.00 bits per heavy atom. The second kappa shape index (κ2) is 11.1. The minimum absolute atomic E-state index is 0.166. The van der Waals surface area contributed by atoms with Crippen molar-refractivity contribution in [2.75, 3.05) is 0 Å². The van der Waals surface area contributed by atoms with Crippen molar-refractivity contribution in [3.63, 3.8) is 0 Å². The molecule has 1 heteroatoms. The molecule has 0 N–H and O–H groups in total. The van der Waals surface area contributed by atoms with Crippen molar-refractivity contribution < 1.29 is 23.2 Å². The van der Waals surface area contributed by atoms with Crippen LogP contribution in [0.4, 0.5) is 0 Å². The van der Waals surface area contributed by atoms with Crippen LogP contribution in [0.15, 0.2) is 163 Å². The molecule has 39 heavy (non-hydrogen) atoms. The second-order valence-electron chi connectivity index (χ2n) is 10.8. The summed E-state index contributed by atoms with van der Waals surface area (Å²) >= 11 is -1.05. The summed E-state index contributed by atoms with van der Waals surface area (Å²) in [6.07, 6.45) is 11.9. The Kier molecular flexibility index (Phi) is 7.37. The zero-order chi connectivity index (χ0) is 26.7. The van der Waals surface area contributed by atoms with E-state index >= 15 is 0 Å². The molecule has 0 nitrogen and oxygen atoms in total. The predicted octanol–water partition coefficient (Wildman–Crippen LogP) is 9.51. The van der Waals surface area contributed by atoms with Gasteiger partial charge in [0, 0.05) is 0 Å². The Morgan fingerprint density at radius 2 is 0.718 bits per heavy atom. The molecular formula is C38H34Zr. The maximum atomic E-state index is 2.44. The van der Waals surface area contributed by atoms with Gasteiger partial charge in [0.25, 0.3) is 0 Å². The van der Waals surface area contributed by atoms with Crippen molar-refractivity contribution in [3.8, 4) is 0 Å². The average molecular weight is 582 g/mol. The summed E-state index contributed by atoms with van der Waals surface area (Å²) in [7, 11) is 0. The molecule has 0 atom stereocenters. The molecule has 0 saturated heterocycles. The Hall–Kier alpha value is -3.28. The van der Waals surface area contributed by atoms with E-state index < -0.39 is 23.2 Å². The van der Waals surface area contributed by atoms with Crippen molar-refractivity contribution in [1.29, 1.82) is 0 Å². The molecule has 0 amide bonds. The van der Waals surface area contributed by atoms with Crippen LogP contribution in [-0.2, 0) is 34.1 Å². The first-order chi connectivity index (χ1) is 19.1. The van der Waals surface area contributed by atoms with Gasteiger partial charge in [0.1, 0.15) is 0 Å². The summed E-state index contributed by atoms with van der Waals surface area (Å²) in [6.45, 7) is 4.87. The predicted molar refractivity (Wildman–Crippen MR) is 160 cm³/mol. The van der Waals surface area contributed by atoms with Gasteiger partial charge >= 0.3 is 246 Å². The van der Waals surface area contributed by atoms with Crippen LogP contribution in [0.1, 0.15) is 48.9 Å². The van der Waals surface area contributed by atoms with Crippen molar-refractivity contribution in [1.82, 2.24) is 0 Å². The quantitative estimate of drug-likeness (QED) is 0.194. The Balaban J connectivity index is 1.49. The molecule has 0 bridgehead atoms. The molecular weight excluding hydrogens is 548 g/mol. The third-order valence-corrected chi connectivity index (χ3v) is 12.5. The van der Waals surface area contributed by atoms with E-state index in [1.165, 1.54) is 33.4 Å². The number of benzene rings is 4. The fraction of sp³-hybridized carbons (Fsp3) is 0.158. The van der Waals surface area contributed by atoms with Gasteiger partial charge in [-0.05, 0) is 0 Å². The van der Waals surface area contributed by atoms with Crippen LogP contribution in [0.3, 0.4) is 0 Å². The van der Waals surface area contributed by atoms with Gasteiger partial charge in [-0.1, -0.05) is 0 Å². The van der Waals surface area contributed by atoms with Crippen molar-refractivity contribution in [2.45, 2.75) is 37.5 Å². The molecule has 0 spiro atoms. The van der Waals surface area contributed by atoms with Gasteiger partial charge in [-0.3, -0.25) is 0 Å². The van der Waals surface area contributed by atoms with Crippen LogP contribution in [0, 0.1) is 0 Å². The van der Waals surface area contributed by atoms with E-state index in [2.05, 4.69) is 159 Å². The molecule has 4 aromatic rings. The zero-order valence-electron chi connectivity index (χ0n) is 22.8. The first-order valence-corrected chi connectivity index (χ1v) is 16.4. The molecule has 0 fully saturated rings. The van der Waals surface area contributed by atoms with Gasteiger partial charge in [0.2, 0.25) is 0 Å². The summed E-state index contributed by atoms with van der Waals surface area (Å²) in [5, 5.41) is 0. The van der Waals surface area contributed by atoms with Crippen LogP contribution in [0.5, 0.6) is 0 Å². The molecule has 2 aliphatic rings. The van der Waals surface area contributed by atoms with E-state index in [0.717, 1.165) is 12.8 Å². The molecule has 0 saturated carbocycles.